The van der Waals surface area contributed by atoms with Crippen molar-refractivity contribution in [1.82, 2.24) is 0 Å². The van der Waals surface area contributed by atoms with E-state index in [1.165, 1.54) is 0 Å². The smallest absolute Gasteiger partial charge is 0.875 e. The van der Waals surface area contributed by atoms with Crippen molar-refractivity contribution in [3.8, 4) is 11.4 Å². The SMILES string of the molecule is [Cs+].[O-]c1ccccc1-[n+]1[c-]ccc2ccccc21. The zero-order chi connectivity index (χ0) is 11.7. The first-order valence-corrected chi connectivity index (χ1v) is 5.44. The van der Waals surface area contributed by atoms with Crippen LogP contribution in [-0.2, 0) is 0 Å². The summed E-state index contributed by atoms with van der Waals surface area (Å²) in [5.41, 5.74) is 1.61. The quantitative estimate of drug-likeness (QED) is 0.407. The van der Waals surface area contributed by atoms with Crippen molar-refractivity contribution in [2.24, 2.45) is 0 Å². The third-order valence-electron chi connectivity index (χ3n) is 2.75. The molecule has 0 unspecified atom stereocenters. The Balaban J connectivity index is 0.00000120. The minimum atomic E-state index is 0. The minimum absolute atomic E-state index is 0. The number of pyridine rings is 1. The molecule has 18 heavy (non-hydrogen) atoms. The number of nitrogens with zero attached hydrogens (tertiary/aromatic N) is 1. The summed E-state index contributed by atoms with van der Waals surface area (Å²) in [4.78, 5) is 0. The van der Waals surface area contributed by atoms with Gasteiger partial charge in [0.2, 0.25) is 0 Å². The summed E-state index contributed by atoms with van der Waals surface area (Å²) in [5, 5.41) is 12.9. The van der Waals surface area contributed by atoms with Gasteiger partial charge in [-0.25, -0.2) is 0 Å². The number of hydrogen-bond donors (Lipinski definition) is 0. The first-order valence-electron chi connectivity index (χ1n) is 5.44. The Kier molecular flexibility index (Phi) is 4.89. The maximum absolute atomic E-state index is 11.8. The van der Waals surface area contributed by atoms with E-state index in [0.717, 1.165) is 10.9 Å². The first-order chi connectivity index (χ1) is 8.36. The van der Waals surface area contributed by atoms with Crippen LogP contribution in [0.5, 0.6) is 5.75 Å². The van der Waals surface area contributed by atoms with Crippen LogP contribution < -0.4 is 78.6 Å². The third kappa shape index (κ3) is 2.66. The van der Waals surface area contributed by atoms with Crippen molar-refractivity contribution in [3.63, 3.8) is 0 Å². The van der Waals surface area contributed by atoms with Gasteiger partial charge < -0.3 is 5.11 Å². The molecule has 0 radical (unpaired) electrons. The second-order valence-electron chi connectivity index (χ2n) is 3.82. The van der Waals surface area contributed by atoms with Gasteiger partial charge in [0.25, 0.3) is 0 Å². The summed E-state index contributed by atoms with van der Waals surface area (Å²) < 4.78 is 1.80. The Morgan fingerprint density at radius 1 is 0.889 bits per heavy atom. The van der Waals surface area contributed by atoms with Crippen LogP contribution >= 0.6 is 0 Å². The van der Waals surface area contributed by atoms with Gasteiger partial charge in [-0.3, -0.25) is 4.57 Å². The number of para-hydroxylation sites is 3. The van der Waals surface area contributed by atoms with Crippen LogP contribution in [0.4, 0.5) is 0 Å². The monoisotopic (exact) mass is 353 g/mol. The molecular weight excluding hydrogens is 343 g/mol. The van der Waals surface area contributed by atoms with Crippen LogP contribution in [0, 0.1) is 6.20 Å². The van der Waals surface area contributed by atoms with Crippen LogP contribution in [0.25, 0.3) is 16.6 Å². The largest absolute Gasteiger partial charge is 1.00 e. The minimum Gasteiger partial charge on any atom is -0.875 e. The van der Waals surface area contributed by atoms with Gasteiger partial charge in [-0.05, 0) is 17.5 Å². The van der Waals surface area contributed by atoms with E-state index < -0.39 is 0 Å². The Hall–Kier alpha value is -0.298. The van der Waals surface area contributed by atoms with E-state index in [4.69, 9.17) is 0 Å². The summed E-state index contributed by atoms with van der Waals surface area (Å²) in [6.45, 7) is 0. The molecule has 1 aromatic heterocycles. The average molecular weight is 353 g/mol. The first kappa shape index (κ1) is 14.1. The predicted octanol–water partition coefficient (Wildman–Crippen LogP) is -1.01. The average Bonchev–Trinajstić information content (AvgIpc) is 2.39. The second-order valence-corrected chi connectivity index (χ2v) is 3.82. The number of aromatic nitrogens is 1. The molecule has 0 aliphatic carbocycles. The Morgan fingerprint density at radius 2 is 1.61 bits per heavy atom. The molecule has 0 bridgehead atoms. The molecule has 3 aromatic rings. The van der Waals surface area contributed by atoms with Gasteiger partial charge in [0.05, 0.1) is 0 Å². The Labute approximate surface area is 165 Å². The van der Waals surface area contributed by atoms with E-state index in [0.29, 0.717) is 5.69 Å². The molecule has 1 heterocycles. The molecule has 0 aliphatic heterocycles. The standard InChI is InChI=1S/C15H11NO.Cs/c17-15-10-4-3-9-14(15)16-11-5-7-12-6-1-2-8-13(12)16;/h1-10,17H;/q;+1/p-1. The molecule has 3 heteroatoms. The van der Waals surface area contributed by atoms with E-state index in [1.807, 2.05) is 48.5 Å². The topological polar surface area (TPSA) is 26.9 Å². The summed E-state index contributed by atoms with van der Waals surface area (Å²) in [6, 6.07) is 18.7. The fourth-order valence-electron chi connectivity index (χ4n) is 1.94. The van der Waals surface area contributed by atoms with E-state index in [1.54, 1.807) is 16.7 Å². The molecule has 0 spiro atoms. The maximum atomic E-state index is 11.8. The summed E-state index contributed by atoms with van der Waals surface area (Å²) in [7, 11) is 0. The van der Waals surface area contributed by atoms with Gasteiger partial charge in [0.1, 0.15) is 11.2 Å². The molecule has 0 atom stereocenters. The van der Waals surface area contributed by atoms with Crippen molar-refractivity contribution in [3.05, 3.63) is 66.9 Å². The molecule has 2 aromatic carbocycles. The van der Waals surface area contributed by atoms with E-state index >= 15 is 0 Å². The fraction of sp³-hybridized carbons (Fsp3) is 0. The molecule has 3 rings (SSSR count). The number of benzene rings is 2. The molecular formula is C15H10CsNO. The van der Waals surface area contributed by atoms with Gasteiger partial charge in [-0.1, -0.05) is 48.2 Å². The molecule has 82 valence electrons. The number of hydrogen-bond acceptors (Lipinski definition) is 1. The predicted molar refractivity (Wildman–Crippen MR) is 63.8 cm³/mol. The zero-order valence-electron chi connectivity index (χ0n) is 10.1. The van der Waals surface area contributed by atoms with Crippen molar-refractivity contribution in [2.75, 3.05) is 0 Å². The van der Waals surface area contributed by atoms with Crippen LogP contribution in [0.3, 0.4) is 0 Å². The summed E-state index contributed by atoms with van der Waals surface area (Å²) >= 11 is 0. The summed E-state index contributed by atoms with van der Waals surface area (Å²) in [5.74, 6) is 0.00473. The molecule has 0 amide bonds. The Morgan fingerprint density at radius 3 is 2.44 bits per heavy atom. The van der Waals surface area contributed by atoms with Crippen molar-refractivity contribution < 1.29 is 78.6 Å². The molecule has 0 aliphatic rings. The normalized spacial score (nSPS) is 10.0. The van der Waals surface area contributed by atoms with Crippen molar-refractivity contribution in [2.45, 2.75) is 0 Å². The molecule has 2 nitrogen and oxygen atoms in total. The van der Waals surface area contributed by atoms with Crippen LogP contribution in [0.15, 0.2) is 60.7 Å². The summed E-state index contributed by atoms with van der Waals surface area (Å²) in [6.07, 6.45) is 3.09. The molecule has 0 fully saturated rings. The molecule has 0 N–H and O–H groups in total. The van der Waals surface area contributed by atoms with Crippen LogP contribution in [-0.4, -0.2) is 0 Å². The van der Waals surface area contributed by atoms with E-state index in [9.17, 15) is 5.11 Å². The van der Waals surface area contributed by atoms with Crippen LogP contribution in [0.2, 0.25) is 0 Å². The van der Waals surface area contributed by atoms with Gasteiger partial charge in [-0.2, -0.15) is 0 Å². The molecule has 0 saturated carbocycles. The molecule has 0 saturated heterocycles. The van der Waals surface area contributed by atoms with Crippen molar-refractivity contribution in [1.29, 1.82) is 0 Å². The van der Waals surface area contributed by atoms with E-state index in [-0.39, 0.29) is 74.6 Å². The number of rotatable bonds is 1. The van der Waals surface area contributed by atoms with Gasteiger partial charge in [0, 0.05) is 0 Å². The van der Waals surface area contributed by atoms with Crippen LogP contribution in [0.1, 0.15) is 0 Å². The zero-order valence-corrected chi connectivity index (χ0v) is 16.4. The maximum Gasteiger partial charge on any atom is 1.00 e. The van der Waals surface area contributed by atoms with Crippen molar-refractivity contribution >= 4 is 10.9 Å². The number of fused-ring (bicyclic) bond motifs is 1. The van der Waals surface area contributed by atoms with Gasteiger partial charge in [0.15, 0.2) is 6.20 Å². The van der Waals surface area contributed by atoms with E-state index in [2.05, 4.69) is 6.20 Å². The fourth-order valence-corrected chi connectivity index (χ4v) is 1.94. The Bertz CT molecular complexity index is 677. The second kappa shape index (κ2) is 6.23. The van der Waals surface area contributed by atoms with Gasteiger partial charge in [-0.15, -0.1) is 6.07 Å². The van der Waals surface area contributed by atoms with Gasteiger partial charge >= 0.3 is 68.9 Å². The third-order valence-corrected chi connectivity index (χ3v) is 2.75.